The molecule has 0 aliphatic rings. The third-order valence-electron chi connectivity index (χ3n) is 3.24. The topological polar surface area (TPSA) is 133 Å². The van der Waals surface area contributed by atoms with E-state index in [0.717, 1.165) is 19.0 Å². The van der Waals surface area contributed by atoms with Gasteiger partial charge in [-0.2, -0.15) is 10.1 Å². The lowest BCUT2D eigenvalue weighted by Gasteiger charge is -1.99. The smallest absolute Gasteiger partial charge is 0.307 e. The third kappa shape index (κ3) is 3.04. The molecule has 1 N–H and O–H groups in total. The van der Waals surface area contributed by atoms with Crippen molar-refractivity contribution in [3.63, 3.8) is 0 Å². The number of aromatic nitrogens is 6. The molecule has 1 amide bonds. The number of carbonyl (C=O) groups is 1. The minimum absolute atomic E-state index is 0.0159. The van der Waals surface area contributed by atoms with E-state index in [0.29, 0.717) is 12.2 Å². The molecule has 0 unspecified atom stereocenters. The summed E-state index contributed by atoms with van der Waals surface area (Å²) >= 11 is 0. The van der Waals surface area contributed by atoms with E-state index in [-0.39, 0.29) is 23.2 Å². The van der Waals surface area contributed by atoms with E-state index in [1.165, 1.54) is 27.8 Å². The molecule has 0 fully saturated rings. The second kappa shape index (κ2) is 6.40. The number of hydrogen-bond donors (Lipinski definition) is 1. The highest BCUT2D eigenvalue weighted by atomic mass is 16.6. The summed E-state index contributed by atoms with van der Waals surface area (Å²) in [5, 5.41) is 21.4. The normalized spacial score (nSPS) is 10.9. The van der Waals surface area contributed by atoms with Crippen LogP contribution in [-0.2, 0) is 0 Å². The summed E-state index contributed by atoms with van der Waals surface area (Å²) in [6, 6.07) is 0. The van der Waals surface area contributed by atoms with Crippen molar-refractivity contribution in [1.82, 2.24) is 34.7 Å². The number of amides is 1. The van der Waals surface area contributed by atoms with Gasteiger partial charge in [-0.1, -0.05) is 13.3 Å². The van der Waals surface area contributed by atoms with Crippen LogP contribution in [0.15, 0.2) is 24.8 Å². The molecule has 0 radical (unpaired) electrons. The van der Waals surface area contributed by atoms with Gasteiger partial charge < -0.3 is 5.32 Å². The van der Waals surface area contributed by atoms with Gasteiger partial charge in [-0.15, -0.1) is 5.10 Å². The molecule has 0 atom stereocenters. The van der Waals surface area contributed by atoms with Crippen molar-refractivity contribution in [1.29, 1.82) is 0 Å². The maximum absolute atomic E-state index is 12.0. The van der Waals surface area contributed by atoms with Gasteiger partial charge >= 0.3 is 5.69 Å². The summed E-state index contributed by atoms with van der Waals surface area (Å²) in [4.78, 5) is 30.3. The van der Waals surface area contributed by atoms with Gasteiger partial charge in [-0.05, 0) is 6.42 Å². The highest BCUT2D eigenvalue weighted by Gasteiger charge is 2.15. The van der Waals surface area contributed by atoms with Crippen LogP contribution in [0.25, 0.3) is 11.5 Å². The molecule has 24 heavy (non-hydrogen) atoms. The van der Waals surface area contributed by atoms with E-state index in [4.69, 9.17) is 0 Å². The first-order valence-electron chi connectivity index (χ1n) is 7.28. The van der Waals surface area contributed by atoms with Gasteiger partial charge in [0.2, 0.25) is 5.82 Å². The van der Waals surface area contributed by atoms with Gasteiger partial charge in [0.25, 0.3) is 11.7 Å². The molecule has 0 saturated heterocycles. The fourth-order valence-electron chi connectivity index (χ4n) is 1.99. The minimum atomic E-state index is -0.538. The van der Waals surface area contributed by atoms with E-state index < -0.39 is 4.92 Å². The summed E-state index contributed by atoms with van der Waals surface area (Å²) < 4.78 is 2.63. The van der Waals surface area contributed by atoms with E-state index in [2.05, 4.69) is 25.5 Å². The molecular weight excluding hydrogens is 316 g/mol. The van der Waals surface area contributed by atoms with Crippen molar-refractivity contribution in [2.45, 2.75) is 19.8 Å². The highest BCUT2D eigenvalue weighted by molar-refractivity contribution is 5.90. The number of carbonyl (C=O) groups excluding carboxylic acids is 1. The number of unbranched alkanes of at least 4 members (excludes halogenated alkanes) is 1. The molecule has 3 aromatic rings. The SMILES string of the molecule is CCCCNC(=O)c1nc2ncc(-n3cc([N+](=O)[O-])cn3)cn2n1. The summed E-state index contributed by atoms with van der Waals surface area (Å²) in [5.74, 6) is -0.103. The lowest BCUT2D eigenvalue weighted by Crippen LogP contribution is -2.25. The molecule has 0 bridgehead atoms. The number of hydrogen-bond acceptors (Lipinski definition) is 7. The summed E-state index contributed by atoms with van der Waals surface area (Å²) in [6.45, 7) is 2.58. The van der Waals surface area contributed by atoms with Gasteiger partial charge in [0.05, 0.1) is 17.3 Å². The molecule has 3 aromatic heterocycles. The Kier molecular flexibility index (Phi) is 4.14. The van der Waals surface area contributed by atoms with Gasteiger partial charge in [-0.3, -0.25) is 14.9 Å². The zero-order valence-electron chi connectivity index (χ0n) is 12.8. The van der Waals surface area contributed by atoms with Crippen molar-refractivity contribution in [2.75, 3.05) is 6.54 Å². The van der Waals surface area contributed by atoms with Crippen molar-refractivity contribution in [2.24, 2.45) is 0 Å². The Hall–Kier alpha value is -3.37. The van der Waals surface area contributed by atoms with E-state index in [1.54, 1.807) is 0 Å². The molecule has 0 aliphatic carbocycles. The van der Waals surface area contributed by atoms with Crippen LogP contribution in [0.5, 0.6) is 0 Å². The fraction of sp³-hybridized carbons (Fsp3) is 0.308. The second-order valence-corrected chi connectivity index (χ2v) is 5.00. The Morgan fingerprint density at radius 2 is 2.21 bits per heavy atom. The summed E-state index contributed by atoms with van der Waals surface area (Å²) in [5.41, 5.74) is 0.322. The number of fused-ring (bicyclic) bond motifs is 1. The Bertz CT molecular complexity index is 900. The van der Waals surface area contributed by atoms with Crippen LogP contribution < -0.4 is 5.32 Å². The van der Waals surface area contributed by atoms with Crippen molar-refractivity contribution in [3.8, 4) is 5.69 Å². The van der Waals surface area contributed by atoms with Crippen LogP contribution >= 0.6 is 0 Å². The van der Waals surface area contributed by atoms with Crippen LogP contribution in [0.4, 0.5) is 5.69 Å². The summed E-state index contributed by atoms with van der Waals surface area (Å²) in [7, 11) is 0. The largest absolute Gasteiger partial charge is 0.349 e. The zero-order chi connectivity index (χ0) is 17.1. The highest BCUT2D eigenvalue weighted by Crippen LogP contribution is 2.13. The van der Waals surface area contributed by atoms with Crippen LogP contribution in [0, 0.1) is 10.1 Å². The average molecular weight is 330 g/mol. The maximum Gasteiger partial charge on any atom is 0.307 e. The quantitative estimate of drug-likeness (QED) is 0.400. The van der Waals surface area contributed by atoms with Crippen LogP contribution in [0.1, 0.15) is 30.4 Å². The average Bonchev–Trinajstić information content (AvgIpc) is 3.21. The van der Waals surface area contributed by atoms with Crippen molar-refractivity contribution >= 4 is 17.4 Å². The monoisotopic (exact) mass is 330 g/mol. The lowest BCUT2D eigenvalue weighted by molar-refractivity contribution is -0.384. The first-order valence-corrected chi connectivity index (χ1v) is 7.28. The minimum Gasteiger partial charge on any atom is -0.349 e. The maximum atomic E-state index is 12.0. The first-order chi connectivity index (χ1) is 11.6. The third-order valence-corrected chi connectivity index (χ3v) is 3.24. The standard InChI is InChI=1S/C13H14N8O3/c1-2-3-4-14-12(22)11-17-13-15-5-9(7-20(13)18-11)19-8-10(6-16-19)21(23)24/h5-8H,2-4H2,1H3,(H,14,22). The van der Waals surface area contributed by atoms with Crippen molar-refractivity contribution < 1.29 is 9.72 Å². The van der Waals surface area contributed by atoms with Crippen LogP contribution in [0.2, 0.25) is 0 Å². The molecule has 0 aromatic carbocycles. The molecular formula is C13H14N8O3. The predicted molar refractivity (Wildman–Crippen MR) is 81.8 cm³/mol. The zero-order valence-corrected chi connectivity index (χ0v) is 12.8. The van der Waals surface area contributed by atoms with Gasteiger partial charge in [0.1, 0.15) is 18.1 Å². The van der Waals surface area contributed by atoms with Crippen molar-refractivity contribution in [3.05, 3.63) is 40.7 Å². The predicted octanol–water partition coefficient (Wildman–Crippen LogP) is 0.748. The first kappa shape index (κ1) is 15.5. The van der Waals surface area contributed by atoms with Gasteiger partial charge in [0.15, 0.2) is 0 Å². The molecule has 124 valence electrons. The van der Waals surface area contributed by atoms with E-state index >= 15 is 0 Å². The molecule has 0 saturated carbocycles. The van der Waals surface area contributed by atoms with Crippen LogP contribution in [-0.4, -0.2) is 46.7 Å². The van der Waals surface area contributed by atoms with Crippen LogP contribution in [0.3, 0.4) is 0 Å². The number of nitrogens with zero attached hydrogens (tertiary/aromatic N) is 7. The number of nitrogens with one attached hydrogen (secondary N) is 1. The number of nitro groups is 1. The fourth-order valence-corrected chi connectivity index (χ4v) is 1.99. The Labute approximate surface area is 135 Å². The summed E-state index contributed by atoms with van der Waals surface area (Å²) in [6.07, 6.45) is 7.23. The van der Waals surface area contributed by atoms with E-state index in [1.807, 2.05) is 6.92 Å². The molecule has 11 nitrogen and oxygen atoms in total. The van der Waals surface area contributed by atoms with E-state index in [9.17, 15) is 14.9 Å². The lowest BCUT2D eigenvalue weighted by atomic mass is 10.3. The molecule has 0 spiro atoms. The molecule has 11 heteroatoms. The number of rotatable bonds is 6. The van der Waals surface area contributed by atoms with Gasteiger partial charge in [-0.25, -0.2) is 14.2 Å². The Morgan fingerprint density at radius 3 is 2.92 bits per heavy atom. The van der Waals surface area contributed by atoms with Gasteiger partial charge in [0, 0.05) is 6.54 Å². The Morgan fingerprint density at radius 1 is 1.38 bits per heavy atom. The molecule has 3 rings (SSSR count). The molecule has 3 heterocycles. The Balaban J connectivity index is 1.85. The molecule has 0 aliphatic heterocycles. The second-order valence-electron chi connectivity index (χ2n) is 5.00.